The van der Waals surface area contributed by atoms with Crippen molar-refractivity contribution in [3.05, 3.63) is 59.8 Å². The van der Waals surface area contributed by atoms with Gasteiger partial charge in [0.25, 0.3) is 0 Å². The molecule has 0 bridgehead atoms. The summed E-state index contributed by atoms with van der Waals surface area (Å²) in [5.41, 5.74) is 2.39. The number of morpholine rings is 1. The molecule has 0 radical (unpaired) electrons. The largest absolute Gasteiger partial charge is 0.378 e. The molecule has 1 aromatic carbocycles. The minimum Gasteiger partial charge on any atom is -0.378 e. The highest BCUT2D eigenvalue weighted by Gasteiger charge is 2.25. The molecule has 0 amide bonds. The Labute approximate surface area is 214 Å². The van der Waals surface area contributed by atoms with Crippen molar-refractivity contribution in [3.8, 4) is 0 Å². The molecule has 0 saturated carbocycles. The number of benzene rings is 1. The van der Waals surface area contributed by atoms with Crippen LogP contribution in [0.5, 0.6) is 0 Å². The fourth-order valence-corrected chi connectivity index (χ4v) is 4.28. The predicted molar refractivity (Wildman–Crippen MR) is 143 cm³/mol. The van der Waals surface area contributed by atoms with Crippen LogP contribution < -0.4 is 10.2 Å². The fraction of sp³-hybridized carbons (Fsp3) is 0.520. The fourth-order valence-electron chi connectivity index (χ4n) is 4.28. The van der Waals surface area contributed by atoms with Gasteiger partial charge in [-0.05, 0) is 25.0 Å². The third-order valence-corrected chi connectivity index (χ3v) is 5.96. The summed E-state index contributed by atoms with van der Waals surface area (Å²) in [5, 5.41) is 3.48. The van der Waals surface area contributed by atoms with Crippen molar-refractivity contribution in [1.29, 1.82) is 0 Å². The SMILES string of the molecule is CCNC(=NCc1cccnc1N1CCOCC1)N1CCC(COCc2ccccc2)C1.I. The topological polar surface area (TPSA) is 62.2 Å². The first-order valence-electron chi connectivity index (χ1n) is 11.7. The Bertz CT molecular complexity index is 861. The zero-order valence-corrected chi connectivity index (χ0v) is 21.8. The van der Waals surface area contributed by atoms with Gasteiger partial charge in [0.2, 0.25) is 0 Å². The highest BCUT2D eigenvalue weighted by Crippen LogP contribution is 2.21. The molecule has 33 heavy (non-hydrogen) atoms. The van der Waals surface area contributed by atoms with E-state index in [1.807, 2.05) is 18.3 Å². The maximum atomic E-state index is 5.99. The minimum absolute atomic E-state index is 0. The van der Waals surface area contributed by atoms with Gasteiger partial charge in [0.05, 0.1) is 33.0 Å². The van der Waals surface area contributed by atoms with E-state index >= 15 is 0 Å². The predicted octanol–water partition coefficient (Wildman–Crippen LogP) is 3.54. The number of nitrogens with zero attached hydrogens (tertiary/aromatic N) is 4. The first-order valence-corrected chi connectivity index (χ1v) is 11.7. The summed E-state index contributed by atoms with van der Waals surface area (Å²) < 4.78 is 11.5. The molecule has 0 aliphatic carbocycles. The van der Waals surface area contributed by atoms with E-state index in [1.54, 1.807) is 0 Å². The van der Waals surface area contributed by atoms with Crippen molar-refractivity contribution in [2.75, 3.05) is 57.4 Å². The van der Waals surface area contributed by atoms with Gasteiger partial charge in [0.15, 0.2) is 5.96 Å². The average molecular weight is 566 g/mol. The monoisotopic (exact) mass is 565 g/mol. The molecule has 7 nitrogen and oxygen atoms in total. The van der Waals surface area contributed by atoms with Crippen LogP contribution in [0.2, 0.25) is 0 Å². The summed E-state index contributed by atoms with van der Waals surface area (Å²) in [6.07, 6.45) is 2.99. The van der Waals surface area contributed by atoms with E-state index in [-0.39, 0.29) is 24.0 Å². The number of rotatable bonds is 8. The molecule has 1 N–H and O–H groups in total. The van der Waals surface area contributed by atoms with Crippen LogP contribution in [0, 0.1) is 5.92 Å². The van der Waals surface area contributed by atoms with E-state index in [0.29, 0.717) is 19.1 Å². The molecule has 1 unspecified atom stereocenters. The highest BCUT2D eigenvalue weighted by atomic mass is 127. The molecule has 8 heteroatoms. The molecule has 2 fully saturated rings. The number of ether oxygens (including phenoxy) is 2. The number of aliphatic imine (C=N–C) groups is 1. The summed E-state index contributed by atoms with van der Waals surface area (Å²) in [6, 6.07) is 14.5. The molecule has 0 spiro atoms. The van der Waals surface area contributed by atoms with Gasteiger partial charge < -0.3 is 24.6 Å². The summed E-state index contributed by atoms with van der Waals surface area (Å²) in [4.78, 5) is 14.3. The van der Waals surface area contributed by atoms with Gasteiger partial charge in [-0.3, -0.25) is 0 Å². The molecule has 2 aromatic rings. The van der Waals surface area contributed by atoms with Gasteiger partial charge in [0.1, 0.15) is 5.82 Å². The van der Waals surface area contributed by atoms with Crippen LogP contribution in [0.4, 0.5) is 5.82 Å². The van der Waals surface area contributed by atoms with E-state index in [4.69, 9.17) is 14.5 Å². The molecule has 2 aliphatic heterocycles. The molecule has 4 rings (SSSR count). The first-order chi connectivity index (χ1) is 15.8. The molecule has 2 aliphatic rings. The van der Waals surface area contributed by atoms with Crippen LogP contribution in [0.3, 0.4) is 0 Å². The van der Waals surface area contributed by atoms with Crippen molar-refractivity contribution >= 4 is 35.8 Å². The number of hydrogen-bond acceptors (Lipinski definition) is 5. The maximum absolute atomic E-state index is 5.99. The van der Waals surface area contributed by atoms with Crippen LogP contribution in [-0.4, -0.2) is 68.4 Å². The van der Waals surface area contributed by atoms with Crippen LogP contribution >= 0.6 is 24.0 Å². The van der Waals surface area contributed by atoms with E-state index in [2.05, 4.69) is 57.4 Å². The first kappa shape index (κ1) is 25.7. The van der Waals surface area contributed by atoms with Crippen molar-refractivity contribution in [3.63, 3.8) is 0 Å². The summed E-state index contributed by atoms with van der Waals surface area (Å²) >= 11 is 0. The Morgan fingerprint density at radius 1 is 1.15 bits per heavy atom. The minimum atomic E-state index is 0. The second-order valence-electron chi connectivity index (χ2n) is 8.36. The number of pyridine rings is 1. The van der Waals surface area contributed by atoms with Gasteiger partial charge in [0, 0.05) is 50.4 Å². The third-order valence-electron chi connectivity index (χ3n) is 5.96. The number of nitrogens with one attached hydrogen (secondary N) is 1. The number of hydrogen-bond donors (Lipinski definition) is 1. The molecule has 1 aromatic heterocycles. The lowest BCUT2D eigenvalue weighted by Gasteiger charge is -2.29. The van der Waals surface area contributed by atoms with E-state index < -0.39 is 0 Å². The van der Waals surface area contributed by atoms with Crippen molar-refractivity contribution in [1.82, 2.24) is 15.2 Å². The lowest BCUT2D eigenvalue weighted by Crippen LogP contribution is -2.40. The van der Waals surface area contributed by atoms with Gasteiger partial charge in [-0.2, -0.15) is 0 Å². The maximum Gasteiger partial charge on any atom is 0.194 e. The number of guanidine groups is 1. The van der Waals surface area contributed by atoms with Gasteiger partial charge in [-0.1, -0.05) is 36.4 Å². The Morgan fingerprint density at radius 3 is 2.76 bits per heavy atom. The Balaban J connectivity index is 0.00000306. The lowest BCUT2D eigenvalue weighted by molar-refractivity contribution is 0.0906. The van der Waals surface area contributed by atoms with Crippen LogP contribution in [-0.2, 0) is 22.6 Å². The molecule has 3 heterocycles. The molecule has 1 atom stereocenters. The van der Waals surface area contributed by atoms with E-state index in [1.165, 1.54) is 5.56 Å². The molecule has 2 saturated heterocycles. The second kappa shape index (κ2) is 13.7. The third kappa shape index (κ3) is 7.55. The Kier molecular flexibility index (Phi) is 10.7. The highest BCUT2D eigenvalue weighted by molar-refractivity contribution is 14.0. The van der Waals surface area contributed by atoms with E-state index in [9.17, 15) is 0 Å². The summed E-state index contributed by atoms with van der Waals surface area (Å²) in [5.74, 6) is 2.55. The van der Waals surface area contributed by atoms with Crippen molar-refractivity contribution in [2.24, 2.45) is 10.9 Å². The zero-order chi connectivity index (χ0) is 22.0. The number of likely N-dealkylation sites (tertiary alicyclic amines) is 1. The number of anilines is 1. The Morgan fingerprint density at radius 2 is 1.97 bits per heavy atom. The zero-order valence-electron chi connectivity index (χ0n) is 19.5. The quantitative estimate of drug-likeness (QED) is 0.300. The summed E-state index contributed by atoms with van der Waals surface area (Å²) in [6.45, 7) is 10.3. The number of halogens is 1. The number of aromatic nitrogens is 1. The van der Waals surface area contributed by atoms with Gasteiger partial charge in [-0.25, -0.2) is 9.98 Å². The van der Waals surface area contributed by atoms with Gasteiger partial charge >= 0.3 is 0 Å². The van der Waals surface area contributed by atoms with Crippen molar-refractivity contribution < 1.29 is 9.47 Å². The second-order valence-corrected chi connectivity index (χ2v) is 8.36. The Hall–Kier alpha value is -1.91. The van der Waals surface area contributed by atoms with Gasteiger partial charge in [-0.15, -0.1) is 24.0 Å². The smallest absolute Gasteiger partial charge is 0.194 e. The average Bonchev–Trinajstić information content (AvgIpc) is 3.32. The van der Waals surface area contributed by atoms with Crippen LogP contribution in [0.1, 0.15) is 24.5 Å². The lowest BCUT2D eigenvalue weighted by atomic mass is 10.1. The van der Waals surface area contributed by atoms with Crippen LogP contribution in [0.15, 0.2) is 53.7 Å². The summed E-state index contributed by atoms with van der Waals surface area (Å²) in [7, 11) is 0. The van der Waals surface area contributed by atoms with Crippen molar-refractivity contribution in [2.45, 2.75) is 26.5 Å². The normalized spacial score (nSPS) is 18.8. The molecular weight excluding hydrogens is 529 g/mol. The molecule has 180 valence electrons. The van der Waals surface area contributed by atoms with E-state index in [0.717, 1.165) is 76.3 Å². The van der Waals surface area contributed by atoms with Crippen LogP contribution in [0.25, 0.3) is 0 Å². The molecular formula is C25H36IN5O2. The standard InChI is InChI=1S/C25H35N5O2.HI/c1-2-26-25(28-17-23-9-6-11-27-24(23)29-13-15-31-16-14-29)30-12-10-22(18-30)20-32-19-21-7-4-3-5-8-21;/h3-9,11,22H,2,10,12-20H2,1H3,(H,26,28);1H.